The maximum Gasteiger partial charge on any atom is 0.256 e. The molecule has 0 aliphatic carbocycles. The highest BCUT2D eigenvalue weighted by atomic mass is 79.9. The van der Waals surface area contributed by atoms with Gasteiger partial charge in [-0.15, -0.1) is 0 Å². The van der Waals surface area contributed by atoms with E-state index in [0.717, 1.165) is 10.2 Å². The van der Waals surface area contributed by atoms with E-state index < -0.39 is 0 Å². The van der Waals surface area contributed by atoms with Crippen LogP contribution in [0.25, 0.3) is 0 Å². The quantitative estimate of drug-likeness (QED) is 0.918. The average molecular weight is 350 g/mol. The standard InChI is InChI=1S/C15H16BrN3O2/c1-10-11(2)18-9-19(15(10)21)8-7-17-14(20)12-3-5-13(16)6-4-12/h3-6,9H,7-8H2,1-2H3,(H,17,20). The van der Waals surface area contributed by atoms with E-state index in [9.17, 15) is 9.59 Å². The summed E-state index contributed by atoms with van der Waals surface area (Å²) in [5, 5.41) is 2.79. The number of amides is 1. The van der Waals surface area contributed by atoms with Crippen LogP contribution in [-0.4, -0.2) is 22.0 Å². The molecule has 1 aromatic heterocycles. The summed E-state index contributed by atoms with van der Waals surface area (Å²) in [7, 11) is 0. The Morgan fingerprint density at radius 2 is 1.95 bits per heavy atom. The zero-order chi connectivity index (χ0) is 15.4. The van der Waals surface area contributed by atoms with Gasteiger partial charge in [-0.05, 0) is 38.1 Å². The number of nitrogens with zero attached hydrogens (tertiary/aromatic N) is 2. The van der Waals surface area contributed by atoms with Crippen molar-refractivity contribution in [3.05, 3.63) is 62.2 Å². The first kappa shape index (κ1) is 15.4. The van der Waals surface area contributed by atoms with Gasteiger partial charge in [0.15, 0.2) is 0 Å². The first-order valence-corrected chi connectivity index (χ1v) is 7.34. The number of hydrogen-bond donors (Lipinski definition) is 1. The van der Waals surface area contributed by atoms with Gasteiger partial charge in [-0.3, -0.25) is 14.2 Å². The molecule has 2 aromatic rings. The Morgan fingerprint density at radius 1 is 1.29 bits per heavy atom. The van der Waals surface area contributed by atoms with Gasteiger partial charge in [-0.2, -0.15) is 0 Å². The predicted molar refractivity (Wildman–Crippen MR) is 84.4 cm³/mol. The molecular weight excluding hydrogens is 334 g/mol. The Bertz CT molecular complexity index is 708. The maximum atomic E-state index is 12.0. The second-order valence-corrected chi connectivity index (χ2v) is 5.63. The molecule has 0 unspecified atom stereocenters. The Labute approximate surface area is 131 Å². The monoisotopic (exact) mass is 349 g/mol. The number of hydrogen-bond acceptors (Lipinski definition) is 3. The van der Waals surface area contributed by atoms with Crippen molar-refractivity contribution >= 4 is 21.8 Å². The first-order valence-electron chi connectivity index (χ1n) is 6.55. The number of benzene rings is 1. The van der Waals surface area contributed by atoms with E-state index in [1.165, 1.54) is 10.9 Å². The topological polar surface area (TPSA) is 64.0 Å². The molecule has 0 spiro atoms. The number of carbonyl (C=O) groups is 1. The first-order chi connectivity index (χ1) is 9.99. The lowest BCUT2D eigenvalue weighted by atomic mass is 10.2. The molecule has 0 aliphatic heterocycles. The molecule has 1 amide bonds. The highest BCUT2D eigenvalue weighted by molar-refractivity contribution is 9.10. The molecule has 0 fully saturated rings. The zero-order valence-electron chi connectivity index (χ0n) is 11.9. The Balaban J connectivity index is 1.96. The molecule has 110 valence electrons. The van der Waals surface area contributed by atoms with Crippen LogP contribution in [0.15, 0.2) is 39.9 Å². The fourth-order valence-corrected chi connectivity index (χ4v) is 2.09. The van der Waals surface area contributed by atoms with E-state index in [-0.39, 0.29) is 11.5 Å². The van der Waals surface area contributed by atoms with Crippen molar-refractivity contribution in [2.24, 2.45) is 0 Å². The van der Waals surface area contributed by atoms with Crippen molar-refractivity contribution < 1.29 is 4.79 Å². The summed E-state index contributed by atoms with van der Waals surface area (Å²) in [6, 6.07) is 7.10. The number of carbonyl (C=O) groups excluding carboxylic acids is 1. The molecule has 2 rings (SSSR count). The minimum absolute atomic E-state index is 0.0691. The second kappa shape index (κ2) is 6.67. The molecule has 0 atom stereocenters. The lowest BCUT2D eigenvalue weighted by molar-refractivity contribution is 0.0952. The average Bonchev–Trinajstić information content (AvgIpc) is 2.48. The van der Waals surface area contributed by atoms with Crippen molar-refractivity contribution in [1.29, 1.82) is 0 Å². The summed E-state index contributed by atoms with van der Waals surface area (Å²) in [5.41, 5.74) is 1.89. The summed E-state index contributed by atoms with van der Waals surface area (Å²) in [6.07, 6.45) is 1.51. The van der Waals surface area contributed by atoms with E-state index in [1.54, 1.807) is 26.0 Å². The Kier molecular flexibility index (Phi) is 4.90. The summed E-state index contributed by atoms with van der Waals surface area (Å²) in [5.74, 6) is -0.160. The fourth-order valence-electron chi connectivity index (χ4n) is 1.83. The molecule has 0 bridgehead atoms. The number of rotatable bonds is 4. The predicted octanol–water partition coefficient (Wildman–Crippen LogP) is 2.05. The van der Waals surface area contributed by atoms with Gasteiger partial charge in [0.05, 0.1) is 6.33 Å². The van der Waals surface area contributed by atoms with Crippen LogP contribution in [0.3, 0.4) is 0 Å². The van der Waals surface area contributed by atoms with Crippen molar-refractivity contribution in [3.8, 4) is 0 Å². The van der Waals surface area contributed by atoms with E-state index in [2.05, 4.69) is 26.2 Å². The van der Waals surface area contributed by atoms with Gasteiger partial charge in [-0.25, -0.2) is 4.98 Å². The Hall–Kier alpha value is -1.95. The van der Waals surface area contributed by atoms with Crippen LogP contribution < -0.4 is 10.9 Å². The molecular formula is C15H16BrN3O2. The smallest absolute Gasteiger partial charge is 0.256 e. The number of aromatic nitrogens is 2. The van der Waals surface area contributed by atoms with Crippen molar-refractivity contribution in [2.45, 2.75) is 20.4 Å². The highest BCUT2D eigenvalue weighted by Crippen LogP contribution is 2.10. The third-order valence-corrected chi connectivity index (χ3v) is 3.79. The molecule has 5 nitrogen and oxygen atoms in total. The van der Waals surface area contributed by atoms with Crippen LogP contribution >= 0.6 is 15.9 Å². The van der Waals surface area contributed by atoms with E-state index >= 15 is 0 Å². The molecule has 0 aliphatic rings. The van der Waals surface area contributed by atoms with Crippen molar-refractivity contribution in [2.75, 3.05) is 6.54 Å². The van der Waals surface area contributed by atoms with Crippen molar-refractivity contribution in [3.63, 3.8) is 0 Å². The molecule has 0 saturated carbocycles. The highest BCUT2D eigenvalue weighted by Gasteiger charge is 2.06. The minimum Gasteiger partial charge on any atom is -0.350 e. The normalized spacial score (nSPS) is 10.4. The van der Waals surface area contributed by atoms with Gasteiger partial charge >= 0.3 is 0 Å². The number of halogens is 1. The van der Waals surface area contributed by atoms with Gasteiger partial charge in [0, 0.05) is 34.4 Å². The molecule has 0 saturated heterocycles. The van der Waals surface area contributed by atoms with Gasteiger partial charge < -0.3 is 5.32 Å². The van der Waals surface area contributed by atoms with Gasteiger partial charge in [0.25, 0.3) is 11.5 Å². The number of nitrogens with one attached hydrogen (secondary N) is 1. The summed E-state index contributed by atoms with van der Waals surface area (Å²) in [4.78, 5) is 28.1. The lowest BCUT2D eigenvalue weighted by Crippen LogP contribution is -2.32. The summed E-state index contributed by atoms with van der Waals surface area (Å²) >= 11 is 3.32. The van der Waals surface area contributed by atoms with Crippen LogP contribution in [0.5, 0.6) is 0 Å². The molecule has 1 N–H and O–H groups in total. The van der Waals surface area contributed by atoms with E-state index in [4.69, 9.17) is 0 Å². The van der Waals surface area contributed by atoms with Crippen molar-refractivity contribution in [1.82, 2.24) is 14.9 Å². The SMILES string of the molecule is Cc1ncn(CCNC(=O)c2ccc(Br)cc2)c(=O)c1C. The van der Waals surface area contributed by atoms with Crippen LogP contribution in [0.1, 0.15) is 21.6 Å². The van der Waals surface area contributed by atoms with Gasteiger partial charge in [0.2, 0.25) is 0 Å². The molecule has 21 heavy (non-hydrogen) atoms. The lowest BCUT2D eigenvalue weighted by Gasteiger charge is -2.09. The zero-order valence-corrected chi connectivity index (χ0v) is 13.5. The van der Waals surface area contributed by atoms with E-state index in [0.29, 0.717) is 24.2 Å². The third kappa shape index (κ3) is 3.78. The van der Waals surface area contributed by atoms with Crippen LogP contribution in [-0.2, 0) is 6.54 Å². The molecule has 1 heterocycles. The summed E-state index contributed by atoms with van der Waals surface area (Å²) in [6.45, 7) is 4.33. The fraction of sp³-hybridized carbons (Fsp3) is 0.267. The minimum atomic E-state index is -0.160. The van der Waals surface area contributed by atoms with Crippen LogP contribution in [0.4, 0.5) is 0 Å². The third-order valence-electron chi connectivity index (χ3n) is 3.26. The van der Waals surface area contributed by atoms with E-state index in [1.807, 2.05) is 12.1 Å². The van der Waals surface area contributed by atoms with Crippen LogP contribution in [0, 0.1) is 13.8 Å². The summed E-state index contributed by atoms with van der Waals surface area (Å²) < 4.78 is 2.43. The largest absolute Gasteiger partial charge is 0.350 e. The molecule has 6 heteroatoms. The van der Waals surface area contributed by atoms with Gasteiger partial charge in [-0.1, -0.05) is 15.9 Å². The number of aryl methyl sites for hydroxylation is 1. The maximum absolute atomic E-state index is 12.0. The van der Waals surface area contributed by atoms with Crippen LogP contribution in [0.2, 0.25) is 0 Å². The molecule has 1 aromatic carbocycles. The van der Waals surface area contributed by atoms with Gasteiger partial charge in [0.1, 0.15) is 0 Å². The second-order valence-electron chi connectivity index (χ2n) is 4.72. The molecule has 0 radical (unpaired) electrons. The Morgan fingerprint density at radius 3 is 2.62 bits per heavy atom.